The van der Waals surface area contributed by atoms with Crippen LogP contribution in [0.25, 0.3) is 16.6 Å². The lowest BCUT2D eigenvalue weighted by Crippen LogP contribution is -2.45. The van der Waals surface area contributed by atoms with Gasteiger partial charge in [0.15, 0.2) is 6.21 Å². The molecule has 0 radical (unpaired) electrons. The number of para-hydroxylation sites is 1. The normalized spacial score (nSPS) is 21.5. The van der Waals surface area contributed by atoms with Gasteiger partial charge in [-0.15, -0.1) is 0 Å². The number of halogens is 2. The molecule has 1 atom stereocenters. The standard InChI is InChI=1S/C25H23Cl2N7O/c1-31-7-6-15(11-31)12-33-13-16(9-29-33)21-8-17-22-18(10-28-24(17)30-21)25(35)34(14-32(22)2)23-19(26)4-3-5-20(23)27/h3-5,8-10,12-13,15H,6-7,11,14H2,1-2H3/p+1/b33-12+. The minimum absolute atomic E-state index is 0.186. The maximum absolute atomic E-state index is 13.5. The average molecular weight is 509 g/mol. The quantitative estimate of drug-likeness (QED) is 0.535. The van der Waals surface area contributed by atoms with Crippen LogP contribution in [0.3, 0.4) is 0 Å². The van der Waals surface area contributed by atoms with E-state index >= 15 is 0 Å². The Balaban J connectivity index is 1.35. The van der Waals surface area contributed by atoms with Gasteiger partial charge in [0.25, 0.3) is 5.91 Å². The summed E-state index contributed by atoms with van der Waals surface area (Å²) in [5, 5.41) is 6.27. The first-order chi connectivity index (χ1) is 16.9. The van der Waals surface area contributed by atoms with Gasteiger partial charge in [-0.25, -0.2) is 4.98 Å². The molecule has 0 spiro atoms. The molecule has 35 heavy (non-hydrogen) atoms. The van der Waals surface area contributed by atoms with Crippen LogP contribution in [0.4, 0.5) is 11.4 Å². The Morgan fingerprint density at radius 3 is 2.74 bits per heavy atom. The van der Waals surface area contributed by atoms with Crippen LogP contribution < -0.4 is 9.80 Å². The predicted molar refractivity (Wildman–Crippen MR) is 141 cm³/mol. The Hall–Kier alpha value is -3.20. The molecule has 1 amide bonds. The number of aromatic amines is 1. The summed E-state index contributed by atoms with van der Waals surface area (Å²) in [4.78, 5) is 27.4. The van der Waals surface area contributed by atoms with Crippen molar-refractivity contribution in [1.29, 1.82) is 0 Å². The summed E-state index contributed by atoms with van der Waals surface area (Å²) in [6, 6.07) is 7.26. The Kier molecular flexibility index (Phi) is 5.40. The molecule has 1 N–H and O–H groups in total. The van der Waals surface area contributed by atoms with Crippen LogP contribution in [-0.4, -0.2) is 71.7 Å². The highest BCUT2D eigenvalue weighted by atomic mass is 35.5. The topological polar surface area (TPSA) is 70.8 Å². The number of nitrogens with zero attached hydrogens (tertiary/aromatic N) is 6. The van der Waals surface area contributed by atoms with Crippen LogP contribution >= 0.6 is 23.2 Å². The number of H-pyrrole nitrogens is 1. The highest BCUT2D eigenvalue weighted by molar-refractivity contribution is 6.40. The van der Waals surface area contributed by atoms with Crippen LogP contribution in [0.15, 0.2) is 41.8 Å². The fraction of sp³-hybridized carbons (Fsp3) is 0.280. The molecular formula is C25H24Cl2N7O+. The van der Waals surface area contributed by atoms with E-state index in [2.05, 4.69) is 33.2 Å². The van der Waals surface area contributed by atoms with E-state index in [1.807, 2.05) is 35.1 Å². The average Bonchev–Trinajstić information content (AvgIpc) is 3.56. The fourth-order valence-corrected chi connectivity index (χ4v) is 5.66. The maximum Gasteiger partial charge on any atom is 0.263 e. The molecule has 3 aliphatic heterocycles. The summed E-state index contributed by atoms with van der Waals surface area (Å²) in [6.07, 6.45) is 8.80. The van der Waals surface area contributed by atoms with Crippen molar-refractivity contribution in [2.45, 2.75) is 6.42 Å². The van der Waals surface area contributed by atoms with E-state index in [1.54, 1.807) is 29.3 Å². The number of hydrazone groups is 1. The third kappa shape index (κ3) is 3.82. The highest BCUT2D eigenvalue weighted by Gasteiger charge is 2.33. The summed E-state index contributed by atoms with van der Waals surface area (Å²) < 4.78 is 1.90. The van der Waals surface area contributed by atoms with E-state index in [1.165, 1.54) is 0 Å². The number of benzene rings is 1. The molecule has 3 aromatic rings. The molecule has 10 heteroatoms. The third-order valence-electron chi connectivity index (χ3n) is 6.75. The van der Waals surface area contributed by atoms with Gasteiger partial charge in [0.2, 0.25) is 6.20 Å². The van der Waals surface area contributed by atoms with Crippen molar-refractivity contribution in [3.63, 3.8) is 0 Å². The van der Waals surface area contributed by atoms with Gasteiger partial charge < -0.3 is 14.8 Å². The van der Waals surface area contributed by atoms with Gasteiger partial charge in [-0.1, -0.05) is 34.0 Å². The fourth-order valence-electron chi connectivity index (χ4n) is 5.06. The summed E-state index contributed by atoms with van der Waals surface area (Å²) in [5.41, 5.74) is 4.43. The first-order valence-electron chi connectivity index (χ1n) is 11.5. The SMILES string of the molecule is CN1CCC(/C=[N+]2\C=C(c3cc4c5c(cnc4[nH]3)C(=O)N(c3c(Cl)cccc3Cl)CN5C)C=N2)C1. The first kappa shape index (κ1) is 22.3. The summed E-state index contributed by atoms with van der Waals surface area (Å²) in [5.74, 6) is 0.313. The van der Waals surface area contributed by atoms with E-state index in [9.17, 15) is 4.79 Å². The second-order valence-electron chi connectivity index (χ2n) is 9.28. The van der Waals surface area contributed by atoms with Crippen molar-refractivity contribution < 1.29 is 9.48 Å². The monoisotopic (exact) mass is 508 g/mol. The van der Waals surface area contributed by atoms with Crippen molar-refractivity contribution in [3.8, 4) is 0 Å². The van der Waals surface area contributed by atoms with Gasteiger partial charge in [-0.2, -0.15) is 0 Å². The first-order valence-corrected chi connectivity index (χ1v) is 12.2. The van der Waals surface area contributed by atoms with E-state index in [4.69, 9.17) is 23.2 Å². The Morgan fingerprint density at radius 1 is 1.20 bits per heavy atom. The summed E-state index contributed by atoms with van der Waals surface area (Å²) in [6.45, 7) is 2.48. The molecule has 8 nitrogen and oxygen atoms in total. The van der Waals surface area contributed by atoms with Gasteiger partial charge >= 0.3 is 0 Å². The molecule has 1 aromatic carbocycles. The van der Waals surface area contributed by atoms with Crippen LogP contribution in [0.2, 0.25) is 10.0 Å². The van der Waals surface area contributed by atoms with E-state index in [0.717, 1.165) is 47.5 Å². The number of hydrogen-bond acceptors (Lipinski definition) is 5. The smallest absolute Gasteiger partial charge is 0.263 e. The Morgan fingerprint density at radius 2 is 2.00 bits per heavy atom. The lowest BCUT2D eigenvalue weighted by Gasteiger charge is -2.36. The summed E-state index contributed by atoms with van der Waals surface area (Å²) in [7, 11) is 4.09. The number of allylic oxidation sites excluding steroid dienone is 1. The van der Waals surface area contributed by atoms with Crippen molar-refractivity contribution >= 4 is 69.5 Å². The molecule has 2 aromatic heterocycles. The van der Waals surface area contributed by atoms with E-state index < -0.39 is 0 Å². The number of carbonyl (C=O) groups is 1. The molecule has 5 heterocycles. The van der Waals surface area contributed by atoms with E-state index in [-0.39, 0.29) is 5.91 Å². The van der Waals surface area contributed by atoms with Crippen LogP contribution in [0.5, 0.6) is 0 Å². The number of fused-ring (bicyclic) bond motifs is 3. The van der Waals surface area contributed by atoms with E-state index in [0.29, 0.717) is 33.9 Å². The molecule has 3 aliphatic rings. The largest absolute Gasteiger partial charge is 0.355 e. The van der Waals surface area contributed by atoms with Crippen molar-refractivity contribution in [2.75, 3.05) is 43.7 Å². The third-order valence-corrected chi connectivity index (χ3v) is 7.36. The van der Waals surface area contributed by atoms with Gasteiger partial charge in [-0.3, -0.25) is 9.69 Å². The molecule has 0 saturated carbocycles. The molecule has 178 valence electrons. The number of aromatic nitrogens is 2. The van der Waals surface area contributed by atoms with Gasteiger partial charge in [0, 0.05) is 25.2 Å². The minimum atomic E-state index is -0.186. The maximum atomic E-state index is 13.5. The van der Waals surface area contributed by atoms with Crippen LogP contribution in [-0.2, 0) is 0 Å². The summed E-state index contributed by atoms with van der Waals surface area (Å²) >= 11 is 12.8. The van der Waals surface area contributed by atoms with Crippen molar-refractivity contribution in [3.05, 3.63) is 58.0 Å². The second kappa shape index (κ2) is 8.48. The highest BCUT2D eigenvalue weighted by Crippen LogP contribution is 2.40. The van der Waals surface area contributed by atoms with Crippen molar-refractivity contribution in [1.82, 2.24) is 14.9 Å². The molecule has 1 fully saturated rings. The van der Waals surface area contributed by atoms with Gasteiger partial charge in [0.1, 0.15) is 11.9 Å². The van der Waals surface area contributed by atoms with Crippen LogP contribution in [0, 0.1) is 5.92 Å². The number of amides is 1. The van der Waals surface area contributed by atoms with Gasteiger partial charge in [-0.05, 0) is 43.3 Å². The number of hydrogen-bond donors (Lipinski definition) is 1. The lowest BCUT2D eigenvalue weighted by atomic mass is 10.1. The number of rotatable bonds is 3. The minimum Gasteiger partial charge on any atom is -0.355 e. The van der Waals surface area contributed by atoms with Crippen LogP contribution in [0.1, 0.15) is 22.5 Å². The number of carbonyl (C=O) groups excluding carboxylic acids is 1. The zero-order valence-electron chi connectivity index (χ0n) is 19.4. The number of pyridine rings is 1. The Bertz CT molecular complexity index is 1440. The zero-order chi connectivity index (χ0) is 24.3. The second-order valence-corrected chi connectivity index (χ2v) is 10.1. The lowest BCUT2D eigenvalue weighted by molar-refractivity contribution is -0.454. The van der Waals surface area contributed by atoms with Gasteiger partial charge in [0.05, 0.1) is 50.8 Å². The molecule has 1 saturated heterocycles. The number of anilines is 2. The zero-order valence-corrected chi connectivity index (χ0v) is 20.9. The predicted octanol–water partition coefficient (Wildman–Crippen LogP) is 4.30. The molecule has 0 aliphatic carbocycles. The Labute approximate surface area is 212 Å². The number of likely N-dealkylation sites (tertiary alicyclic amines) is 1. The molecule has 0 bridgehead atoms. The molecule has 6 rings (SSSR count). The molecular weight excluding hydrogens is 485 g/mol. The number of nitrogens with one attached hydrogen (secondary N) is 1. The molecule has 1 unspecified atom stereocenters. The van der Waals surface area contributed by atoms with Crippen molar-refractivity contribution in [2.24, 2.45) is 11.0 Å².